The predicted octanol–water partition coefficient (Wildman–Crippen LogP) is -0.900. The number of aliphatic imine (C=N–C) groups is 1. The smallest absolute Gasteiger partial charge is 1.00 e. The number of anilines is 1. The zero-order valence-corrected chi connectivity index (χ0v) is 42.6. The van der Waals surface area contributed by atoms with Gasteiger partial charge in [-0.1, -0.05) is 87.8 Å². The molecule has 0 saturated carbocycles. The van der Waals surface area contributed by atoms with Gasteiger partial charge in [-0.05, 0) is 59.2 Å². The van der Waals surface area contributed by atoms with E-state index in [9.17, 15) is 0 Å². The van der Waals surface area contributed by atoms with E-state index in [1.165, 1.54) is 66.3 Å². The summed E-state index contributed by atoms with van der Waals surface area (Å²) in [6.45, 7) is 14.5. The molecule has 4 aliphatic rings. The molecule has 5 aromatic carbocycles. The molecule has 10 heteroatoms. The quantitative estimate of drug-likeness (QED) is 0.170. The topological polar surface area (TPSA) is 15.6 Å². The Morgan fingerprint density at radius 1 is 0.607 bits per heavy atom. The van der Waals surface area contributed by atoms with Crippen LogP contribution in [0.4, 0.5) is 5.69 Å². The van der Waals surface area contributed by atoms with Gasteiger partial charge in [-0.2, -0.15) is 12.1 Å². The summed E-state index contributed by atoms with van der Waals surface area (Å²) in [6, 6.07) is 36.3. The molecule has 0 atom stereocenters. The van der Waals surface area contributed by atoms with Gasteiger partial charge in [0, 0.05) is 46.5 Å². The summed E-state index contributed by atoms with van der Waals surface area (Å²) in [6.07, 6.45) is 15.2. The van der Waals surface area contributed by atoms with E-state index in [-0.39, 0.29) is 119 Å². The van der Waals surface area contributed by atoms with Gasteiger partial charge in [0.2, 0.25) is 0 Å². The molecule has 5 aromatic rings. The fourth-order valence-electron chi connectivity index (χ4n) is 6.50. The summed E-state index contributed by atoms with van der Waals surface area (Å²) in [5, 5.41) is 5.39. The number of allylic oxidation sites excluding steroid dienone is 8. The summed E-state index contributed by atoms with van der Waals surface area (Å²) in [5.41, 5.74) is 16.6. The summed E-state index contributed by atoms with van der Waals surface area (Å²) < 4.78 is 0. The molecule has 282 valence electrons. The summed E-state index contributed by atoms with van der Waals surface area (Å²) in [4.78, 5) is 6.62. The minimum Gasteiger partial charge on any atom is -1.00 e. The Hall–Kier alpha value is -2.11. The summed E-state index contributed by atoms with van der Waals surface area (Å²) in [5.74, 6) is 0. The van der Waals surface area contributed by atoms with E-state index in [4.69, 9.17) is 0 Å². The Labute approximate surface area is 400 Å². The van der Waals surface area contributed by atoms with Gasteiger partial charge in [-0.3, -0.25) is 4.99 Å². The van der Waals surface area contributed by atoms with Gasteiger partial charge in [0.25, 0.3) is 0 Å². The molecule has 0 amide bonds. The van der Waals surface area contributed by atoms with Crippen LogP contribution in [0.25, 0.3) is 21.5 Å². The Morgan fingerprint density at radius 2 is 1.11 bits per heavy atom. The Balaban J connectivity index is 0.000000715. The maximum absolute atomic E-state index is 4.24. The van der Waals surface area contributed by atoms with Crippen molar-refractivity contribution in [2.24, 2.45) is 4.99 Å². The van der Waals surface area contributed by atoms with Crippen molar-refractivity contribution in [2.75, 3.05) is 11.4 Å². The van der Waals surface area contributed by atoms with Crippen LogP contribution < -0.4 is 54.5 Å². The predicted molar refractivity (Wildman–Crippen MR) is 226 cm³/mol. The SMILES string of the molecule is C[Si](C)=CC1=CC2=CCN(c3ccccc3)C2=C1.C[Si](C)=CC1=CC2=NC=CC2=C1.Cc1cc2ccccc2[cH-]1.Cc1cc2ccccc2[cH-]1.[Cl-].[Cl-].[Cl-].[Cl-].[Zr+4].[Zr+4]. The van der Waals surface area contributed by atoms with E-state index in [2.05, 4.69) is 201 Å². The fraction of sp³-hybridized carbons (Fsp3) is 0.152. The number of rotatable bonds is 3. The maximum Gasteiger partial charge on any atom is 4.00 e. The Bertz CT molecular complexity index is 2180. The molecule has 0 saturated heterocycles. The Kier molecular flexibility index (Phi) is 25.1. The van der Waals surface area contributed by atoms with Crippen molar-refractivity contribution in [2.45, 2.75) is 40.0 Å². The third-order valence-electron chi connectivity index (χ3n) is 8.60. The summed E-state index contributed by atoms with van der Waals surface area (Å²) in [7, 11) is -0.578. The molecular formula is C46H46Cl4N2Si2Zr2+2. The first-order valence-electron chi connectivity index (χ1n) is 17.4. The van der Waals surface area contributed by atoms with Crippen molar-refractivity contribution < 1.29 is 102 Å². The number of benzene rings is 3. The first-order valence-corrected chi connectivity index (χ1v) is 22.6. The van der Waals surface area contributed by atoms with Gasteiger partial charge in [0.15, 0.2) is 0 Å². The van der Waals surface area contributed by atoms with E-state index >= 15 is 0 Å². The molecule has 0 unspecified atom stereocenters. The van der Waals surface area contributed by atoms with E-state index in [0.29, 0.717) is 0 Å². The van der Waals surface area contributed by atoms with E-state index in [1.54, 1.807) is 0 Å². The van der Waals surface area contributed by atoms with Crippen LogP contribution >= 0.6 is 0 Å². The van der Waals surface area contributed by atoms with Crippen LogP contribution in [0.3, 0.4) is 0 Å². The van der Waals surface area contributed by atoms with Crippen LogP contribution in [0, 0.1) is 13.8 Å². The van der Waals surface area contributed by atoms with Crippen molar-refractivity contribution in [1.29, 1.82) is 0 Å². The zero-order chi connectivity index (χ0) is 35.0. The number of fused-ring (bicyclic) bond motifs is 4. The van der Waals surface area contributed by atoms with Crippen LogP contribution in [0.15, 0.2) is 179 Å². The molecule has 2 aliphatic heterocycles. The van der Waals surface area contributed by atoms with E-state index in [0.717, 1.165) is 12.3 Å². The monoisotopic (exact) mass is 1000 g/mol. The van der Waals surface area contributed by atoms with Gasteiger partial charge in [-0.25, -0.2) is 0 Å². The molecule has 9 rings (SSSR count). The van der Waals surface area contributed by atoms with E-state index < -0.39 is 0 Å². The van der Waals surface area contributed by atoms with Gasteiger partial charge < -0.3 is 54.5 Å². The molecule has 0 bridgehead atoms. The van der Waals surface area contributed by atoms with Gasteiger partial charge >= 0.3 is 52.4 Å². The molecule has 0 aromatic heterocycles. The molecule has 56 heavy (non-hydrogen) atoms. The van der Waals surface area contributed by atoms with Crippen LogP contribution in [-0.4, -0.2) is 40.4 Å². The second kappa shape index (κ2) is 26.1. The molecular weight excluding hydrogens is 961 g/mol. The molecule has 0 radical (unpaired) electrons. The van der Waals surface area contributed by atoms with Crippen LogP contribution in [0.5, 0.6) is 0 Å². The second-order valence-electron chi connectivity index (χ2n) is 13.6. The number of hydrogen-bond donors (Lipinski definition) is 0. The molecule has 2 aliphatic carbocycles. The maximum atomic E-state index is 4.24. The molecule has 0 N–H and O–H groups in total. The summed E-state index contributed by atoms with van der Waals surface area (Å²) >= 11 is 0. The molecule has 0 fully saturated rings. The van der Waals surface area contributed by atoms with Crippen LogP contribution in [0.2, 0.25) is 26.2 Å². The number of halogens is 4. The van der Waals surface area contributed by atoms with Crippen molar-refractivity contribution in [3.63, 3.8) is 0 Å². The largest absolute Gasteiger partial charge is 4.00 e. The number of aryl methyl sites for hydroxylation is 2. The minimum absolute atomic E-state index is 0. The first kappa shape index (κ1) is 53.9. The van der Waals surface area contributed by atoms with Gasteiger partial charge in [0.05, 0.1) is 5.71 Å². The molecule has 0 spiro atoms. The van der Waals surface area contributed by atoms with Gasteiger partial charge in [0.1, 0.15) is 0 Å². The minimum atomic E-state index is -0.313. The average molecular weight is 1010 g/mol. The fourth-order valence-corrected chi connectivity index (χ4v) is 8.17. The third kappa shape index (κ3) is 14.9. The van der Waals surface area contributed by atoms with Crippen LogP contribution in [0.1, 0.15) is 11.1 Å². The van der Waals surface area contributed by atoms with Crippen molar-refractivity contribution in [3.05, 3.63) is 185 Å². The average Bonchev–Trinajstić information content (AvgIpc) is 3.92. The second-order valence-corrected chi connectivity index (χ2v) is 18.5. The van der Waals surface area contributed by atoms with Crippen LogP contribution in [-0.2, 0) is 52.4 Å². The number of hydrogen-bond acceptors (Lipinski definition) is 2. The number of para-hydroxylation sites is 1. The third-order valence-corrected chi connectivity index (χ3v) is 10.4. The van der Waals surface area contributed by atoms with Gasteiger partial charge in [-0.15, -0.1) is 81.2 Å². The molecule has 2 heterocycles. The molecule has 2 nitrogen and oxygen atoms in total. The zero-order valence-electron chi connectivity index (χ0n) is 32.6. The first-order chi connectivity index (χ1) is 24.2. The number of nitrogens with zero attached hydrogens (tertiary/aromatic N) is 2. The standard InChI is InChI=1S/C16H17NSi.C10H11NSi.2C10H9.4ClH.2Zr/c1-18(2)12-13-10-14-8-9-17(16(14)11-13)15-6-4-3-5-7-15;1-12(2)7-8-5-9-3-4-11-10(9)6-8;2*1-8-6-9-4-2-3-5-10(9)7-8;;;;;;/h3-8,10-12H,9H2,1-2H3;3-7H,1-2H3;2*2-7H,1H3;4*1H;;/q;;2*-1;;;;;2*+4/p-4. The normalized spacial score (nSPS) is 13.1. The Morgan fingerprint density at radius 3 is 1.61 bits per heavy atom. The van der Waals surface area contributed by atoms with Crippen molar-refractivity contribution in [1.82, 2.24) is 0 Å². The van der Waals surface area contributed by atoms with Crippen molar-refractivity contribution >= 4 is 61.1 Å². The van der Waals surface area contributed by atoms with E-state index in [1.807, 2.05) is 6.20 Å². The van der Waals surface area contributed by atoms with Crippen molar-refractivity contribution in [3.8, 4) is 0 Å².